The molecule has 0 spiro atoms. The second-order valence-corrected chi connectivity index (χ2v) is 21.5. The number of phenols is 1. The summed E-state index contributed by atoms with van der Waals surface area (Å²) >= 11 is 0. The van der Waals surface area contributed by atoms with Crippen LogP contribution in [0.1, 0.15) is 67.9 Å². The Kier molecular flexibility index (Phi) is 11.4. The minimum Gasteiger partial charge on any atom is -0.507 e. The Balaban J connectivity index is 1.14. The van der Waals surface area contributed by atoms with Crippen LogP contribution in [0.3, 0.4) is 0 Å². The van der Waals surface area contributed by atoms with Gasteiger partial charge in [0.25, 0.3) is 0 Å². The highest BCUT2D eigenvalue weighted by Gasteiger charge is 2.27. The standard InChI is InChI=1S/C70H61N3O/c1-45-38-53(65-58(51-24-16-11-17-25-51)26-18-28-61(65)70(6,7)8)34-35-63(45)73-64-29-19-27-59(66(64)72-68(73)60-44-57(69(3,4)5)39-46(2)67(60)74)55-40-54(48-22-14-10-15-23-48)41-56(42-55)62-43-52(36-37-71-62)50-32-30-49(31-33-50)47-20-12-9-13-21-47/h9-44,74H,1-8H3/i1D3. The van der Waals surface area contributed by atoms with Gasteiger partial charge < -0.3 is 5.11 Å². The number of hydrogen-bond donors (Lipinski definition) is 1. The van der Waals surface area contributed by atoms with Gasteiger partial charge >= 0.3 is 0 Å². The third-order valence-corrected chi connectivity index (χ3v) is 14.3. The van der Waals surface area contributed by atoms with E-state index in [0.717, 1.165) is 83.6 Å². The van der Waals surface area contributed by atoms with E-state index >= 15 is 0 Å². The summed E-state index contributed by atoms with van der Waals surface area (Å²) in [5.41, 5.74) is 18.6. The van der Waals surface area contributed by atoms with Gasteiger partial charge in [-0.2, -0.15) is 0 Å². The van der Waals surface area contributed by atoms with E-state index in [0.29, 0.717) is 33.7 Å². The maximum absolute atomic E-state index is 12.2. The summed E-state index contributed by atoms with van der Waals surface area (Å²) in [6.07, 6.45) is 1.87. The molecule has 2 aromatic heterocycles. The average molecular weight is 963 g/mol. The summed E-state index contributed by atoms with van der Waals surface area (Å²) in [7, 11) is 0. The van der Waals surface area contributed by atoms with Crippen LogP contribution >= 0.6 is 0 Å². The number of para-hydroxylation sites is 1. The number of aromatic nitrogens is 3. The molecule has 0 aliphatic carbocycles. The molecule has 0 aliphatic heterocycles. The maximum atomic E-state index is 12.2. The smallest absolute Gasteiger partial charge is 0.149 e. The van der Waals surface area contributed by atoms with Gasteiger partial charge in [0, 0.05) is 21.4 Å². The topological polar surface area (TPSA) is 50.9 Å². The molecule has 11 aromatic rings. The molecule has 0 amide bonds. The number of pyridine rings is 1. The third kappa shape index (κ3) is 9.13. The molecule has 362 valence electrons. The number of nitrogens with zero attached hydrogens (tertiary/aromatic N) is 3. The van der Waals surface area contributed by atoms with Crippen LogP contribution in [0.5, 0.6) is 5.75 Å². The summed E-state index contributed by atoms with van der Waals surface area (Å²) in [4.78, 5) is 10.5. The fraction of sp³-hybridized carbons (Fsp3) is 0.143. The Morgan fingerprint density at radius 3 is 1.69 bits per heavy atom. The van der Waals surface area contributed by atoms with Crippen LogP contribution in [0.25, 0.3) is 106 Å². The van der Waals surface area contributed by atoms with Crippen molar-refractivity contribution in [3.63, 3.8) is 0 Å². The number of phenolic OH excluding ortho intramolecular Hbond substituents is 1. The predicted octanol–water partition coefficient (Wildman–Crippen LogP) is 18.7. The van der Waals surface area contributed by atoms with Crippen LogP contribution in [0.4, 0.5) is 0 Å². The fourth-order valence-electron chi connectivity index (χ4n) is 10.4. The molecule has 0 radical (unpaired) electrons. The number of imidazole rings is 1. The largest absolute Gasteiger partial charge is 0.507 e. The molecule has 2 heterocycles. The predicted molar refractivity (Wildman–Crippen MR) is 311 cm³/mol. The van der Waals surface area contributed by atoms with Crippen LogP contribution in [0, 0.1) is 13.8 Å². The van der Waals surface area contributed by atoms with Crippen molar-refractivity contribution in [2.75, 3.05) is 0 Å². The average Bonchev–Trinajstić information content (AvgIpc) is 4.05. The van der Waals surface area contributed by atoms with Crippen molar-refractivity contribution in [3.8, 4) is 101 Å². The van der Waals surface area contributed by atoms with Gasteiger partial charge in [0.15, 0.2) is 0 Å². The van der Waals surface area contributed by atoms with Gasteiger partial charge in [0.05, 0.1) is 28.0 Å². The summed E-state index contributed by atoms with van der Waals surface area (Å²) in [6.45, 7) is 12.4. The Labute approximate surface area is 440 Å². The van der Waals surface area contributed by atoms with Crippen molar-refractivity contribution >= 4 is 11.0 Å². The van der Waals surface area contributed by atoms with Gasteiger partial charge in [-0.25, -0.2) is 4.98 Å². The second-order valence-electron chi connectivity index (χ2n) is 21.5. The summed E-state index contributed by atoms with van der Waals surface area (Å²) < 4.78 is 29.8. The normalized spacial score (nSPS) is 12.6. The van der Waals surface area contributed by atoms with E-state index in [4.69, 9.17) is 9.97 Å². The lowest BCUT2D eigenvalue weighted by atomic mass is 9.78. The molecule has 9 aromatic carbocycles. The van der Waals surface area contributed by atoms with Crippen LogP contribution in [-0.2, 0) is 10.8 Å². The Bertz CT molecular complexity index is 3980. The van der Waals surface area contributed by atoms with Crippen molar-refractivity contribution in [2.45, 2.75) is 66.1 Å². The Morgan fingerprint density at radius 1 is 0.446 bits per heavy atom. The van der Waals surface area contributed by atoms with Crippen LogP contribution < -0.4 is 0 Å². The number of hydrogen-bond acceptors (Lipinski definition) is 3. The third-order valence-electron chi connectivity index (χ3n) is 14.3. The van der Waals surface area contributed by atoms with Crippen LogP contribution in [-0.4, -0.2) is 19.6 Å². The molecule has 0 saturated carbocycles. The molecule has 0 bridgehead atoms. The number of fused-ring (bicyclic) bond motifs is 1. The van der Waals surface area contributed by atoms with E-state index in [1.807, 2.05) is 103 Å². The molecular formula is C70H61N3O. The molecule has 4 heteroatoms. The first kappa shape index (κ1) is 44.1. The maximum Gasteiger partial charge on any atom is 0.149 e. The van der Waals surface area contributed by atoms with E-state index in [-0.39, 0.29) is 22.1 Å². The van der Waals surface area contributed by atoms with Gasteiger partial charge in [0.1, 0.15) is 11.6 Å². The number of aromatic hydroxyl groups is 1. The molecule has 0 atom stereocenters. The quantitative estimate of drug-likeness (QED) is 0.157. The zero-order chi connectivity index (χ0) is 53.8. The zero-order valence-electron chi connectivity index (χ0n) is 46.1. The van der Waals surface area contributed by atoms with Gasteiger partial charge in [-0.15, -0.1) is 0 Å². The summed E-state index contributed by atoms with van der Waals surface area (Å²) in [5.74, 6) is 0.522. The van der Waals surface area contributed by atoms with Gasteiger partial charge in [0.2, 0.25) is 0 Å². The Hall–Kier alpha value is -8.60. The van der Waals surface area contributed by atoms with Crippen molar-refractivity contribution in [2.24, 2.45) is 0 Å². The first-order valence-corrected chi connectivity index (χ1v) is 25.4. The fourth-order valence-corrected chi connectivity index (χ4v) is 10.4. The van der Waals surface area contributed by atoms with Crippen molar-refractivity contribution in [1.82, 2.24) is 14.5 Å². The monoisotopic (exact) mass is 963 g/mol. The molecule has 11 rings (SSSR count). The molecule has 0 saturated heterocycles. The first-order valence-electron chi connectivity index (χ1n) is 26.9. The van der Waals surface area contributed by atoms with Crippen molar-refractivity contribution in [1.29, 1.82) is 0 Å². The van der Waals surface area contributed by atoms with Crippen molar-refractivity contribution in [3.05, 3.63) is 241 Å². The van der Waals surface area contributed by atoms with E-state index in [1.54, 1.807) is 0 Å². The van der Waals surface area contributed by atoms with Crippen LogP contribution in [0.2, 0.25) is 0 Å². The van der Waals surface area contributed by atoms with Gasteiger partial charge in [-0.1, -0.05) is 199 Å². The zero-order valence-corrected chi connectivity index (χ0v) is 43.1. The molecule has 74 heavy (non-hydrogen) atoms. The Morgan fingerprint density at radius 2 is 1.03 bits per heavy atom. The molecular weight excluding hydrogens is 899 g/mol. The molecule has 1 N–H and O–H groups in total. The van der Waals surface area contributed by atoms with Gasteiger partial charge in [-0.3, -0.25) is 9.55 Å². The minimum atomic E-state index is -2.56. The van der Waals surface area contributed by atoms with Gasteiger partial charge in [-0.05, 0) is 163 Å². The summed E-state index contributed by atoms with van der Waals surface area (Å²) in [5, 5.41) is 12.2. The molecule has 0 unspecified atom stereocenters. The SMILES string of the molecule is [2H]C([2H])([2H])c1cc(-c2c(-c3ccccc3)cccc2C(C)(C)C)ccc1-n1c(-c2cc(C(C)(C)C)cc(C)c2O)nc2c(-c3cc(-c4ccccc4)cc(-c4cc(-c5ccc(-c6ccccc6)cc5)ccn4)c3)cccc21. The minimum absolute atomic E-state index is 0.0868. The van der Waals surface area contributed by atoms with Crippen LogP contribution in [0.15, 0.2) is 219 Å². The second kappa shape index (κ2) is 19.1. The highest BCUT2D eigenvalue weighted by molar-refractivity contribution is 5.98. The van der Waals surface area contributed by atoms with E-state index in [9.17, 15) is 9.22 Å². The molecule has 0 aliphatic rings. The summed E-state index contributed by atoms with van der Waals surface area (Å²) in [6, 6.07) is 72.8. The van der Waals surface area contributed by atoms with E-state index in [2.05, 4.69) is 169 Å². The molecule has 4 nitrogen and oxygen atoms in total. The lowest BCUT2D eigenvalue weighted by Crippen LogP contribution is -2.13. The first-order chi connectivity index (χ1) is 36.9. The highest BCUT2D eigenvalue weighted by atomic mass is 16.3. The van der Waals surface area contributed by atoms with E-state index in [1.165, 1.54) is 5.56 Å². The number of benzene rings is 9. The number of aryl methyl sites for hydroxylation is 2. The molecule has 0 fully saturated rings. The van der Waals surface area contributed by atoms with Crippen molar-refractivity contribution < 1.29 is 9.22 Å². The number of rotatable bonds is 9. The lowest BCUT2D eigenvalue weighted by Gasteiger charge is -2.26. The van der Waals surface area contributed by atoms with E-state index < -0.39 is 6.85 Å². The lowest BCUT2D eigenvalue weighted by molar-refractivity contribution is 0.471. The highest BCUT2D eigenvalue weighted by Crippen LogP contribution is 2.45.